The highest BCUT2D eigenvalue weighted by Crippen LogP contribution is 2.09. The van der Waals surface area contributed by atoms with E-state index in [0.717, 1.165) is 25.3 Å². The summed E-state index contributed by atoms with van der Waals surface area (Å²) in [6.45, 7) is 3.91. The number of aromatic nitrogens is 4. The summed E-state index contributed by atoms with van der Waals surface area (Å²) < 4.78 is 1.55. The van der Waals surface area contributed by atoms with Crippen LogP contribution in [0.15, 0.2) is 30.6 Å². The fraction of sp³-hybridized carbons (Fsp3) is 0.467. The number of hydrogen-bond acceptors (Lipinski definition) is 5. The van der Waals surface area contributed by atoms with Crippen LogP contribution in [0.5, 0.6) is 0 Å². The molecule has 1 saturated heterocycles. The van der Waals surface area contributed by atoms with Crippen LogP contribution in [0.4, 0.5) is 0 Å². The number of carbonyl (C=O) groups excluding carboxylic acids is 1. The molecule has 1 aromatic heterocycles. The molecule has 1 amide bonds. The Morgan fingerprint density at radius 3 is 2.59 bits per heavy atom. The van der Waals surface area contributed by atoms with Gasteiger partial charge in [-0.25, -0.2) is 4.68 Å². The molecule has 7 heteroatoms. The van der Waals surface area contributed by atoms with Gasteiger partial charge in [-0.3, -0.25) is 4.79 Å². The monoisotopic (exact) mass is 300 g/mol. The first-order valence-electron chi connectivity index (χ1n) is 7.67. The number of nitrogens with one attached hydrogen (secondary N) is 1. The molecule has 116 valence electrons. The van der Waals surface area contributed by atoms with E-state index in [1.165, 1.54) is 25.6 Å². The number of tetrazole rings is 1. The Morgan fingerprint density at radius 2 is 1.91 bits per heavy atom. The molecule has 0 atom stereocenters. The van der Waals surface area contributed by atoms with Crippen molar-refractivity contribution < 1.29 is 4.79 Å². The molecule has 0 aliphatic carbocycles. The van der Waals surface area contributed by atoms with Crippen molar-refractivity contribution in [1.82, 2.24) is 30.4 Å². The lowest BCUT2D eigenvalue weighted by atomic mass is 10.1. The molecule has 1 aromatic carbocycles. The van der Waals surface area contributed by atoms with Crippen LogP contribution in [0.25, 0.3) is 5.69 Å². The summed E-state index contributed by atoms with van der Waals surface area (Å²) in [5.74, 6) is -0.0414. The zero-order valence-electron chi connectivity index (χ0n) is 12.5. The molecule has 2 aromatic rings. The fourth-order valence-corrected chi connectivity index (χ4v) is 2.66. The van der Waals surface area contributed by atoms with E-state index in [-0.39, 0.29) is 5.91 Å². The first-order chi connectivity index (χ1) is 10.8. The van der Waals surface area contributed by atoms with Crippen LogP contribution in [0.3, 0.4) is 0 Å². The van der Waals surface area contributed by atoms with Crippen molar-refractivity contribution in [2.24, 2.45) is 0 Å². The van der Waals surface area contributed by atoms with E-state index in [1.807, 2.05) is 12.1 Å². The predicted octanol–water partition coefficient (Wildman–Crippen LogP) is 0.878. The zero-order chi connectivity index (χ0) is 15.2. The summed E-state index contributed by atoms with van der Waals surface area (Å²) in [6.07, 6.45) is 5.39. The van der Waals surface area contributed by atoms with E-state index in [0.29, 0.717) is 12.1 Å². The molecular weight excluding hydrogens is 280 g/mol. The Hall–Kier alpha value is -2.28. The lowest BCUT2D eigenvalue weighted by molar-refractivity contribution is 0.0946. The molecule has 0 unspecified atom stereocenters. The molecule has 7 nitrogen and oxygen atoms in total. The number of likely N-dealkylation sites (tertiary alicyclic amines) is 1. The van der Waals surface area contributed by atoms with Gasteiger partial charge >= 0.3 is 0 Å². The van der Waals surface area contributed by atoms with Gasteiger partial charge in [-0.15, -0.1) is 5.10 Å². The minimum Gasteiger partial charge on any atom is -0.351 e. The van der Waals surface area contributed by atoms with Gasteiger partial charge in [0.25, 0.3) is 5.91 Å². The minimum absolute atomic E-state index is 0.0414. The van der Waals surface area contributed by atoms with Crippen LogP contribution < -0.4 is 5.32 Å². The van der Waals surface area contributed by atoms with Crippen molar-refractivity contribution in [3.63, 3.8) is 0 Å². The third-order valence-corrected chi connectivity index (χ3v) is 3.91. The quantitative estimate of drug-likeness (QED) is 0.887. The maximum absolute atomic E-state index is 12.1. The van der Waals surface area contributed by atoms with Gasteiger partial charge in [0.15, 0.2) is 0 Å². The second-order valence-electron chi connectivity index (χ2n) is 5.46. The lowest BCUT2D eigenvalue weighted by Gasteiger charge is -2.26. The van der Waals surface area contributed by atoms with Gasteiger partial charge in [0.1, 0.15) is 6.33 Å². The number of rotatable bonds is 5. The molecule has 3 rings (SSSR count). The second-order valence-corrected chi connectivity index (χ2v) is 5.46. The summed E-state index contributed by atoms with van der Waals surface area (Å²) in [7, 11) is 0. The Labute approximate surface area is 129 Å². The highest BCUT2D eigenvalue weighted by molar-refractivity contribution is 5.94. The van der Waals surface area contributed by atoms with E-state index >= 15 is 0 Å². The first kappa shape index (κ1) is 14.6. The third kappa shape index (κ3) is 3.67. The Morgan fingerprint density at radius 1 is 1.14 bits per heavy atom. The molecular formula is C15H20N6O. The molecule has 22 heavy (non-hydrogen) atoms. The topological polar surface area (TPSA) is 75.9 Å². The van der Waals surface area contributed by atoms with Gasteiger partial charge in [-0.05, 0) is 60.6 Å². The third-order valence-electron chi connectivity index (χ3n) is 3.91. The van der Waals surface area contributed by atoms with Gasteiger partial charge in [0.05, 0.1) is 5.69 Å². The molecule has 1 aliphatic rings. The average molecular weight is 300 g/mol. The maximum atomic E-state index is 12.1. The van der Waals surface area contributed by atoms with E-state index in [4.69, 9.17) is 0 Å². The Kier molecular flexibility index (Phi) is 4.75. The molecule has 0 spiro atoms. The van der Waals surface area contributed by atoms with Gasteiger partial charge in [0.2, 0.25) is 0 Å². The van der Waals surface area contributed by atoms with Crippen molar-refractivity contribution in [2.75, 3.05) is 26.2 Å². The van der Waals surface area contributed by atoms with E-state index in [2.05, 4.69) is 25.7 Å². The highest BCUT2D eigenvalue weighted by atomic mass is 16.1. The second kappa shape index (κ2) is 7.13. The standard InChI is InChI=1S/C15H20N6O/c22-15(16-8-11-20-9-2-1-3-10-20)13-4-6-14(7-5-13)21-12-17-18-19-21/h4-7,12H,1-3,8-11H2,(H,16,22). The van der Waals surface area contributed by atoms with Crippen LogP contribution in [-0.4, -0.2) is 57.2 Å². The van der Waals surface area contributed by atoms with Gasteiger partial charge in [-0.2, -0.15) is 0 Å². The number of nitrogens with zero attached hydrogens (tertiary/aromatic N) is 5. The number of benzene rings is 1. The van der Waals surface area contributed by atoms with Crippen molar-refractivity contribution in [3.05, 3.63) is 36.2 Å². The first-order valence-corrected chi connectivity index (χ1v) is 7.67. The van der Waals surface area contributed by atoms with E-state index < -0.39 is 0 Å². The summed E-state index contributed by atoms with van der Waals surface area (Å²) in [5, 5.41) is 14.0. The molecule has 1 N–H and O–H groups in total. The number of piperidine rings is 1. The van der Waals surface area contributed by atoms with Crippen LogP contribution in [0.1, 0.15) is 29.6 Å². The maximum Gasteiger partial charge on any atom is 0.251 e. The number of amides is 1. The predicted molar refractivity (Wildman–Crippen MR) is 81.8 cm³/mol. The highest BCUT2D eigenvalue weighted by Gasteiger charge is 2.10. The van der Waals surface area contributed by atoms with E-state index in [1.54, 1.807) is 16.8 Å². The normalized spacial score (nSPS) is 15.6. The smallest absolute Gasteiger partial charge is 0.251 e. The van der Waals surface area contributed by atoms with Crippen LogP contribution in [0, 0.1) is 0 Å². The van der Waals surface area contributed by atoms with Crippen molar-refractivity contribution in [1.29, 1.82) is 0 Å². The Bertz CT molecular complexity index is 589. The zero-order valence-corrected chi connectivity index (χ0v) is 12.5. The molecule has 1 aliphatic heterocycles. The fourth-order valence-electron chi connectivity index (χ4n) is 2.66. The van der Waals surface area contributed by atoms with Crippen molar-refractivity contribution in [3.8, 4) is 5.69 Å². The van der Waals surface area contributed by atoms with Gasteiger partial charge in [0, 0.05) is 18.7 Å². The minimum atomic E-state index is -0.0414. The van der Waals surface area contributed by atoms with Crippen LogP contribution >= 0.6 is 0 Å². The molecule has 0 saturated carbocycles. The van der Waals surface area contributed by atoms with Gasteiger partial charge < -0.3 is 10.2 Å². The molecule has 0 radical (unpaired) electrons. The summed E-state index contributed by atoms with van der Waals surface area (Å²) in [5.41, 5.74) is 1.48. The van der Waals surface area contributed by atoms with Crippen molar-refractivity contribution in [2.45, 2.75) is 19.3 Å². The number of hydrogen-bond donors (Lipinski definition) is 1. The SMILES string of the molecule is O=C(NCCN1CCCCC1)c1ccc(-n2cnnn2)cc1. The van der Waals surface area contributed by atoms with E-state index in [9.17, 15) is 4.79 Å². The summed E-state index contributed by atoms with van der Waals surface area (Å²) in [6, 6.07) is 7.23. The van der Waals surface area contributed by atoms with Crippen LogP contribution in [-0.2, 0) is 0 Å². The average Bonchev–Trinajstić information content (AvgIpc) is 3.10. The van der Waals surface area contributed by atoms with Crippen LogP contribution in [0.2, 0.25) is 0 Å². The van der Waals surface area contributed by atoms with Crippen molar-refractivity contribution >= 4 is 5.91 Å². The summed E-state index contributed by atoms with van der Waals surface area (Å²) in [4.78, 5) is 14.5. The molecule has 0 bridgehead atoms. The number of carbonyl (C=O) groups is 1. The molecule has 2 heterocycles. The molecule has 1 fully saturated rings. The summed E-state index contributed by atoms with van der Waals surface area (Å²) >= 11 is 0. The Balaban J connectivity index is 1.49. The lowest BCUT2D eigenvalue weighted by Crippen LogP contribution is -2.37. The largest absolute Gasteiger partial charge is 0.351 e. The van der Waals surface area contributed by atoms with Gasteiger partial charge in [-0.1, -0.05) is 6.42 Å².